The second-order valence-corrected chi connectivity index (χ2v) is 4.67. The summed E-state index contributed by atoms with van der Waals surface area (Å²) in [5.74, 6) is 2.85. The lowest BCUT2D eigenvalue weighted by atomic mass is 10.2. The molecule has 0 bridgehead atoms. The Labute approximate surface area is 103 Å². The van der Waals surface area contributed by atoms with Crippen LogP contribution in [0.15, 0.2) is 0 Å². The van der Waals surface area contributed by atoms with Crippen molar-refractivity contribution in [3.63, 3.8) is 0 Å². The molecule has 94 valence electrons. The highest BCUT2D eigenvalue weighted by atomic mass is 15.3. The average molecular weight is 235 g/mol. The minimum atomic E-state index is 0.739. The van der Waals surface area contributed by atoms with Gasteiger partial charge in [-0.1, -0.05) is 6.92 Å². The largest absolute Gasteiger partial charge is 0.362 e. The van der Waals surface area contributed by atoms with Crippen molar-refractivity contribution in [2.45, 2.75) is 19.8 Å². The maximum absolute atomic E-state index is 4.59. The molecule has 5 nitrogen and oxygen atoms in total. The number of likely N-dealkylation sites (N-methyl/N-ethyl adjacent to an activating group) is 1. The zero-order valence-corrected chi connectivity index (χ0v) is 11.1. The van der Waals surface area contributed by atoms with E-state index in [1.165, 1.54) is 5.56 Å². The number of nitrogens with one attached hydrogen (secondary N) is 1. The highest BCUT2D eigenvalue weighted by Crippen LogP contribution is 2.32. The molecule has 17 heavy (non-hydrogen) atoms. The van der Waals surface area contributed by atoms with Crippen LogP contribution in [0.25, 0.3) is 0 Å². The first-order chi connectivity index (χ1) is 8.13. The number of nitrogens with zero attached hydrogens (tertiary/aromatic N) is 4. The lowest BCUT2D eigenvalue weighted by Gasteiger charge is -2.18. The molecule has 0 spiro atoms. The monoisotopic (exact) mass is 235 g/mol. The minimum absolute atomic E-state index is 0.739. The third-order valence-corrected chi connectivity index (χ3v) is 2.98. The van der Waals surface area contributed by atoms with Crippen LogP contribution in [0, 0.1) is 0 Å². The van der Waals surface area contributed by atoms with Crippen molar-refractivity contribution < 1.29 is 0 Å². The molecule has 0 amide bonds. The van der Waals surface area contributed by atoms with E-state index in [9.17, 15) is 0 Å². The van der Waals surface area contributed by atoms with Gasteiger partial charge in [0.1, 0.15) is 11.6 Å². The molecule has 1 aromatic rings. The van der Waals surface area contributed by atoms with Gasteiger partial charge in [-0.25, -0.2) is 0 Å². The molecule has 0 saturated carbocycles. The van der Waals surface area contributed by atoms with E-state index in [0.29, 0.717) is 0 Å². The number of fused-ring (bicyclic) bond motifs is 1. The van der Waals surface area contributed by atoms with E-state index in [0.717, 1.165) is 43.5 Å². The Hall–Kier alpha value is -1.52. The molecule has 1 aliphatic rings. The zero-order chi connectivity index (χ0) is 12.4. The van der Waals surface area contributed by atoms with Crippen LogP contribution < -0.4 is 15.1 Å². The average Bonchev–Trinajstić information content (AvgIpc) is 2.67. The summed E-state index contributed by atoms with van der Waals surface area (Å²) in [6.07, 6.45) is 2.11. The molecule has 0 aliphatic carbocycles. The van der Waals surface area contributed by atoms with Crippen molar-refractivity contribution in [2.75, 3.05) is 49.3 Å². The maximum atomic E-state index is 4.59. The van der Waals surface area contributed by atoms with Crippen molar-refractivity contribution >= 4 is 17.6 Å². The van der Waals surface area contributed by atoms with Crippen LogP contribution in [0.3, 0.4) is 0 Å². The normalized spacial score (nSPS) is 13.8. The van der Waals surface area contributed by atoms with E-state index >= 15 is 0 Å². The maximum Gasteiger partial charge on any atom is 0.226 e. The van der Waals surface area contributed by atoms with Gasteiger partial charge in [-0.15, -0.1) is 0 Å². The molecular weight excluding hydrogens is 214 g/mol. The first kappa shape index (κ1) is 12.0. The second-order valence-electron chi connectivity index (χ2n) is 4.67. The lowest BCUT2D eigenvalue weighted by molar-refractivity contribution is 0.934. The van der Waals surface area contributed by atoms with Crippen LogP contribution >= 0.6 is 0 Å². The first-order valence-corrected chi connectivity index (χ1v) is 6.16. The van der Waals surface area contributed by atoms with Crippen LogP contribution in [0.1, 0.15) is 18.9 Å². The number of hydrogen-bond acceptors (Lipinski definition) is 5. The van der Waals surface area contributed by atoms with Crippen molar-refractivity contribution in [3.8, 4) is 0 Å². The molecule has 0 radical (unpaired) electrons. The van der Waals surface area contributed by atoms with Gasteiger partial charge in [0.05, 0.1) is 0 Å². The SMILES string of the molecule is CCCNc1nc(N(C)C)c2c(n1)N(C)CC2. The highest BCUT2D eigenvalue weighted by molar-refractivity contribution is 5.65. The summed E-state index contributed by atoms with van der Waals surface area (Å²) >= 11 is 0. The van der Waals surface area contributed by atoms with Crippen LogP contribution in [0.2, 0.25) is 0 Å². The molecular formula is C12H21N5. The Kier molecular flexibility index (Phi) is 3.36. The number of aromatic nitrogens is 2. The topological polar surface area (TPSA) is 44.3 Å². The number of anilines is 3. The Balaban J connectivity index is 2.38. The smallest absolute Gasteiger partial charge is 0.226 e. The summed E-state index contributed by atoms with van der Waals surface area (Å²) < 4.78 is 0. The van der Waals surface area contributed by atoms with E-state index in [1.807, 2.05) is 14.1 Å². The fourth-order valence-corrected chi connectivity index (χ4v) is 2.07. The third kappa shape index (κ3) is 2.28. The molecule has 1 aliphatic heterocycles. The minimum Gasteiger partial charge on any atom is -0.362 e. The molecule has 1 N–H and O–H groups in total. The van der Waals surface area contributed by atoms with Crippen molar-refractivity contribution in [3.05, 3.63) is 5.56 Å². The molecule has 5 heteroatoms. The second kappa shape index (κ2) is 4.77. The molecule has 0 atom stereocenters. The summed E-state index contributed by atoms with van der Waals surface area (Å²) in [7, 11) is 6.15. The van der Waals surface area contributed by atoms with Gasteiger partial charge in [0.15, 0.2) is 0 Å². The van der Waals surface area contributed by atoms with Gasteiger partial charge in [-0.05, 0) is 12.8 Å². The quantitative estimate of drug-likeness (QED) is 0.853. The Bertz CT molecular complexity index is 402. The van der Waals surface area contributed by atoms with Gasteiger partial charge in [0, 0.05) is 39.8 Å². The summed E-state index contributed by atoms with van der Waals surface area (Å²) in [5, 5.41) is 3.26. The number of hydrogen-bond donors (Lipinski definition) is 1. The fraction of sp³-hybridized carbons (Fsp3) is 0.667. The predicted molar refractivity (Wildman–Crippen MR) is 72.1 cm³/mol. The molecule has 2 rings (SSSR count). The van der Waals surface area contributed by atoms with Gasteiger partial charge < -0.3 is 15.1 Å². The van der Waals surface area contributed by atoms with Crippen LogP contribution in [0.5, 0.6) is 0 Å². The Morgan fingerprint density at radius 1 is 1.35 bits per heavy atom. The van der Waals surface area contributed by atoms with Crippen molar-refractivity contribution in [2.24, 2.45) is 0 Å². The summed E-state index contributed by atoms with van der Waals surface area (Å²) in [5.41, 5.74) is 1.26. The van der Waals surface area contributed by atoms with E-state index in [-0.39, 0.29) is 0 Å². The van der Waals surface area contributed by atoms with E-state index in [2.05, 4.69) is 39.1 Å². The lowest BCUT2D eigenvalue weighted by Crippen LogP contribution is -2.17. The Morgan fingerprint density at radius 2 is 2.12 bits per heavy atom. The summed E-state index contributed by atoms with van der Waals surface area (Å²) in [6.45, 7) is 4.08. The van der Waals surface area contributed by atoms with Crippen molar-refractivity contribution in [1.82, 2.24) is 9.97 Å². The number of rotatable bonds is 4. The van der Waals surface area contributed by atoms with Crippen molar-refractivity contribution in [1.29, 1.82) is 0 Å². The predicted octanol–water partition coefficient (Wildman–Crippen LogP) is 1.36. The molecule has 0 saturated heterocycles. The molecule has 2 heterocycles. The van der Waals surface area contributed by atoms with Gasteiger partial charge >= 0.3 is 0 Å². The zero-order valence-electron chi connectivity index (χ0n) is 11.1. The van der Waals surface area contributed by atoms with Gasteiger partial charge in [-0.3, -0.25) is 0 Å². The van der Waals surface area contributed by atoms with E-state index < -0.39 is 0 Å². The van der Waals surface area contributed by atoms with Gasteiger partial charge in [-0.2, -0.15) is 9.97 Å². The standard InChI is InChI=1S/C12H21N5/c1-5-7-13-12-14-10(16(2)3)9-6-8-17(4)11(9)15-12/h5-8H2,1-4H3,(H,13,14,15). The van der Waals surface area contributed by atoms with Gasteiger partial charge in [0.2, 0.25) is 5.95 Å². The van der Waals surface area contributed by atoms with Gasteiger partial charge in [0.25, 0.3) is 0 Å². The highest BCUT2D eigenvalue weighted by Gasteiger charge is 2.23. The first-order valence-electron chi connectivity index (χ1n) is 6.16. The van der Waals surface area contributed by atoms with E-state index in [1.54, 1.807) is 0 Å². The van der Waals surface area contributed by atoms with Crippen LogP contribution in [-0.4, -0.2) is 44.2 Å². The summed E-state index contributed by atoms with van der Waals surface area (Å²) in [4.78, 5) is 13.4. The van der Waals surface area contributed by atoms with E-state index in [4.69, 9.17) is 0 Å². The Morgan fingerprint density at radius 3 is 2.76 bits per heavy atom. The van der Waals surface area contributed by atoms with Crippen LogP contribution in [-0.2, 0) is 6.42 Å². The van der Waals surface area contributed by atoms with Crippen LogP contribution in [0.4, 0.5) is 17.6 Å². The fourth-order valence-electron chi connectivity index (χ4n) is 2.07. The molecule has 0 fully saturated rings. The molecule has 0 aromatic carbocycles. The summed E-state index contributed by atoms with van der Waals surface area (Å²) in [6, 6.07) is 0. The third-order valence-electron chi connectivity index (χ3n) is 2.98. The molecule has 0 unspecified atom stereocenters. The molecule has 1 aromatic heterocycles.